The van der Waals surface area contributed by atoms with E-state index in [4.69, 9.17) is 0 Å². The number of nitrogens with one attached hydrogen (secondary N) is 2. The number of carbonyl (C=O) groups is 2. The number of rotatable bonds is 4. The van der Waals surface area contributed by atoms with Crippen LogP contribution in [0.2, 0.25) is 0 Å². The molecule has 2 atom stereocenters. The third kappa shape index (κ3) is 4.13. The minimum Gasteiger partial charge on any atom is -0.339 e. The lowest BCUT2D eigenvalue weighted by Crippen LogP contribution is -2.54. The van der Waals surface area contributed by atoms with Gasteiger partial charge in [-0.15, -0.1) is 0 Å². The van der Waals surface area contributed by atoms with E-state index < -0.39 is 0 Å². The molecule has 24 heavy (non-hydrogen) atoms. The molecule has 6 nitrogen and oxygen atoms in total. The van der Waals surface area contributed by atoms with Crippen LogP contribution in [0.4, 0.5) is 0 Å². The number of amides is 2. The molecule has 0 bridgehead atoms. The number of nitrogens with zero attached hydrogens (tertiary/aromatic N) is 2. The molecule has 2 amide bonds. The van der Waals surface area contributed by atoms with E-state index in [0.717, 1.165) is 12.8 Å². The molecule has 130 valence electrons. The van der Waals surface area contributed by atoms with E-state index >= 15 is 0 Å². The molecule has 0 spiro atoms. The summed E-state index contributed by atoms with van der Waals surface area (Å²) in [6.07, 6.45) is 2.12. The second-order valence-electron chi connectivity index (χ2n) is 6.67. The molecule has 2 aliphatic rings. The van der Waals surface area contributed by atoms with Crippen LogP contribution in [0.25, 0.3) is 0 Å². The van der Waals surface area contributed by atoms with E-state index in [1.54, 1.807) is 0 Å². The Kier molecular flexibility index (Phi) is 5.48. The lowest BCUT2D eigenvalue weighted by atomic mass is 10.1. The second kappa shape index (κ2) is 7.77. The van der Waals surface area contributed by atoms with Crippen molar-refractivity contribution in [3.63, 3.8) is 0 Å². The van der Waals surface area contributed by atoms with E-state index in [1.807, 2.05) is 40.1 Å². The Hall–Kier alpha value is -1.92. The van der Waals surface area contributed by atoms with Gasteiger partial charge in [0, 0.05) is 38.6 Å². The Morgan fingerprint density at radius 1 is 1.04 bits per heavy atom. The fourth-order valence-corrected chi connectivity index (χ4v) is 3.33. The van der Waals surface area contributed by atoms with Gasteiger partial charge in [0.1, 0.15) is 6.04 Å². The van der Waals surface area contributed by atoms with Gasteiger partial charge in [-0.05, 0) is 25.3 Å². The average Bonchev–Trinajstić information content (AvgIpc) is 3.06. The van der Waals surface area contributed by atoms with Crippen molar-refractivity contribution in [1.82, 2.24) is 20.7 Å². The van der Waals surface area contributed by atoms with Gasteiger partial charge in [-0.2, -0.15) is 0 Å². The molecule has 2 heterocycles. The highest BCUT2D eigenvalue weighted by Crippen LogP contribution is 2.12. The smallest absolute Gasteiger partial charge is 0.241 e. The summed E-state index contributed by atoms with van der Waals surface area (Å²) in [5.41, 5.74) is 7.33. The average molecular weight is 330 g/mol. The van der Waals surface area contributed by atoms with Crippen molar-refractivity contribution in [3.8, 4) is 0 Å². The number of hydrazine groups is 1. The Morgan fingerprint density at radius 2 is 1.71 bits per heavy atom. The van der Waals surface area contributed by atoms with Crippen LogP contribution in [-0.2, 0) is 16.0 Å². The molecule has 0 radical (unpaired) electrons. The third-order valence-corrected chi connectivity index (χ3v) is 4.81. The number of aryl methyl sites for hydroxylation is 1. The predicted molar refractivity (Wildman–Crippen MR) is 92.1 cm³/mol. The molecule has 0 aliphatic carbocycles. The maximum absolute atomic E-state index is 12.5. The zero-order valence-corrected chi connectivity index (χ0v) is 14.2. The minimum absolute atomic E-state index is 0.139. The molecule has 2 unspecified atom stereocenters. The molecule has 2 aliphatic heterocycles. The zero-order valence-electron chi connectivity index (χ0n) is 14.2. The molecule has 0 aromatic heterocycles. The third-order valence-electron chi connectivity index (χ3n) is 4.81. The summed E-state index contributed by atoms with van der Waals surface area (Å²) in [6, 6.07) is 10.3. The Bertz CT molecular complexity index is 570. The van der Waals surface area contributed by atoms with Gasteiger partial charge in [-0.25, -0.2) is 5.43 Å². The van der Waals surface area contributed by atoms with Crippen molar-refractivity contribution >= 4 is 11.8 Å². The van der Waals surface area contributed by atoms with Gasteiger partial charge >= 0.3 is 0 Å². The van der Waals surface area contributed by atoms with Crippen molar-refractivity contribution in [2.75, 3.05) is 26.2 Å². The van der Waals surface area contributed by atoms with E-state index in [-0.39, 0.29) is 17.9 Å². The summed E-state index contributed by atoms with van der Waals surface area (Å²) < 4.78 is 0. The van der Waals surface area contributed by atoms with Crippen LogP contribution < -0.4 is 10.9 Å². The fourth-order valence-electron chi connectivity index (χ4n) is 3.33. The van der Waals surface area contributed by atoms with Gasteiger partial charge in [0.25, 0.3) is 0 Å². The first-order valence-electron chi connectivity index (χ1n) is 8.75. The summed E-state index contributed by atoms with van der Waals surface area (Å²) in [5, 5.41) is 0. The van der Waals surface area contributed by atoms with Crippen LogP contribution in [0.1, 0.15) is 25.3 Å². The van der Waals surface area contributed by atoms with E-state index in [1.165, 1.54) is 5.56 Å². The zero-order chi connectivity index (χ0) is 16.9. The van der Waals surface area contributed by atoms with Gasteiger partial charge in [-0.3, -0.25) is 15.0 Å². The molecular weight excluding hydrogens is 304 g/mol. The van der Waals surface area contributed by atoms with Crippen LogP contribution in [0.3, 0.4) is 0 Å². The molecule has 1 aromatic rings. The summed E-state index contributed by atoms with van der Waals surface area (Å²) in [5.74, 6) is 0.323. The maximum atomic E-state index is 12.5. The van der Waals surface area contributed by atoms with Crippen LogP contribution >= 0.6 is 0 Å². The van der Waals surface area contributed by atoms with Crippen molar-refractivity contribution in [2.45, 2.75) is 38.3 Å². The molecule has 2 N–H and O–H groups in total. The van der Waals surface area contributed by atoms with Crippen LogP contribution in [0.5, 0.6) is 0 Å². The van der Waals surface area contributed by atoms with Crippen LogP contribution in [0.15, 0.2) is 30.3 Å². The summed E-state index contributed by atoms with van der Waals surface area (Å²) in [4.78, 5) is 28.6. The first-order valence-corrected chi connectivity index (χ1v) is 8.75. The quantitative estimate of drug-likeness (QED) is 0.846. The largest absolute Gasteiger partial charge is 0.339 e. The standard InChI is InChI=1S/C18H26N4O2/c1-14-13-16(20-19-14)18(24)22-11-9-21(10-12-22)17(23)8-7-15-5-3-2-4-6-15/h2-6,14,16,19-20H,7-13H2,1H3. The van der Waals surface area contributed by atoms with Gasteiger partial charge in [-0.1, -0.05) is 30.3 Å². The maximum Gasteiger partial charge on any atom is 0.241 e. The number of carbonyl (C=O) groups excluding carboxylic acids is 2. The Morgan fingerprint density at radius 3 is 2.33 bits per heavy atom. The Balaban J connectivity index is 1.43. The van der Waals surface area contributed by atoms with Crippen molar-refractivity contribution in [2.24, 2.45) is 0 Å². The summed E-state index contributed by atoms with van der Waals surface area (Å²) in [7, 11) is 0. The van der Waals surface area contributed by atoms with E-state index in [2.05, 4.69) is 17.8 Å². The van der Waals surface area contributed by atoms with Crippen molar-refractivity contribution < 1.29 is 9.59 Å². The van der Waals surface area contributed by atoms with Gasteiger partial charge in [0.15, 0.2) is 0 Å². The van der Waals surface area contributed by atoms with E-state index in [9.17, 15) is 9.59 Å². The van der Waals surface area contributed by atoms with Gasteiger partial charge in [0.05, 0.1) is 0 Å². The number of benzene rings is 1. The highest BCUT2D eigenvalue weighted by molar-refractivity contribution is 5.83. The van der Waals surface area contributed by atoms with E-state index in [0.29, 0.717) is 38.6 Å². The van der Waals surface area contributed by atoms with Crippen molar-refractivity contribution in [1.29, 1.82) is 0 Å². The predicted octanol–water partition coefficient (Wildman–Crippen LogP) is 0.545. The summed E-state index contributed by atoms with van der Waals surface area (Å²) in [6.45, 7) is 4.58. The molecule has 0 saturated carbocycles. The highest BCUT2D eigenvalue weighted by atomic mass is 16.2. The molecule has 3 rings (SSSR count). The monoisotopic (exact) mass is 330 g/mol. The minimum atomic E-state index is -0.139. The fraction of sp³-hybridized carbons (Fsp3) is 0.556. The number of hydrogen-bond donors (Lipinski definition) is 2. The summed E-state index contributed by atoms with van der Waals surface area (Å²) >= 11 is 0. The van der Waals surface area contributed by atoms with Crippen LogP contribution in [0, 0.1) is 0 Å². The van der Waals surface area contributed by atoms with Gasteiger partial charge in [0.2, 0.25) is 11.8 Å². The van der Waals surface area contributed by atoms with Crippen molar-refractivity contribution in [3.05, 3.63) is 35.9 Å². The molecule has 2 saturated heterocycles. The normalized spacial score (nSPS) is 24.2. The lowest BCUT2D eigenvalue weighted by Gasteiger charge is -2.36. The lowest BCUT2D eigenvalue weighted by molar-refractivity contribution is -0.140. The first kappa shape index (κ1) is 16.9. The number of piperazine rings is 1. The molecule has 6 heteroatoms. The Labute approximate surface area is 143 Å². The highest BCUT2D eigenvalue weighted by Gasteiger charge is 2.32. The van der Waals surface area contributed by atoms with Crippen LogP contribution in [-0.4, -0.2) is 59.9 Å². The molecule has 2 fully saturated rings. The second-order valence-corrected chi connectivity index (χ2v) is 6.67. The topological polar surface area (TPSA) is 64.7 Å². The molecule has 1 aromatic carbocycles. The first-order chi connectivity index (χ1) is 11.6. The molecular formula is C18H26N4O2. The number of hydrogen-bond acceptors (Lipinski definition) is 4. The van der Waals surface area contributed by atoms with Gasteiger partial charge < -0.3 is 9.80 Å². The SMILES string of the molecule is CC1CC(C(=O)N2CCN(C(=O)CCc3ccccc3)CC2)NN1.